The average Bonchev–Trinajstić information content (AvgIpc) is 2.26. The molecule has 0 atom stereocenters. The van der Waals surface area contributed by atoms with Crippen LogP contribution < -0.4 is 0 Å². The molecule has 0 aromatic heterocycles. The van der Waals surface area contributed by atoms with E-state index >= 15 is 0 Å². The number of aryl methyl sites for hydroxylation is 1. The second-order valence-electron chi connectivity index (χ2n) is 4.06. The van der Waals surface area contributed by atoms with Gasteiger partial charge in [0.15, 0.2) is 0 Å². The van der Waals surface area contributed by atoms with Crippen LogP contribution >= 0.6 is 0 Å². The summed E-state index contributed by atoms with van der Waals surface area (Å²) in [6.07, 6.45) is 10.9. The number of benzene rings is 1. The Hall–Kier alpha value is -1.04. The minimum Gasteiger partial charge on any atom is -0.0871 e. The van der Waals surface area contributed by atoms with Crippen molar-refractivity contribution in [3.05, 3.63) is 41.5 Å². The van der Waals surface area contributed by atoms with Gasteiger partial charge in [0.25, 0.3) is 0 Å². The third kappa shape index (κ3) is 4.83. The summed E-state index contributed by atoms with van der Waals surface area (Å²) in [5, 5.41) is 0. The van der Waals surface area contributed by atoms with E-state index in [1.165, 1.54) is 43.2 Å². The normalized spacial score (nSPS) is 11.1. The molecular formula is C15H22. The van der Waals surface area contributed by atoms with E-state index in [-0.39, 0.29) is 0 Å². The van der Waals surface area contributed by atoms with E-state index in [0.29, 0.717) is 0 Å². The van der Waals surface area contributed by atoms with Crippen molar-refractivity contribution in [2.45, 2.75) is 46.0 Å². The fourth-order valence-corrected chi connectivity index (χ4v) is 1.80. The number of hydrogen-bond donors (Lipinski definition) is 0. The Labute approximate surface area is 94.0 Å². The van der Waals surface area contributed by atoms with Gasteiger partial charge in [-0.05, 0) is 30.9 Å². The van der Waals surface area contributed by atoms with Crippen LogP contribution in [0, 0.1) is 0 Å². The molecule has 0 heterocycles. The molecule has 0 radical (unpaired) electrons. The Balaban J connectivity index is 2.43. The molecule has 0 saturated carbocycles. The molecule has 1 rings (SSSR count). The van der Waals surface area contributed by atoms with Crippen LogP contribution in [0.2, 0.25) is 0 Å². The summed E-state index contributed by atoms with van der Waals surface area (Å²) < 4.78 is 0. The van der Waals surface area contributed by atoms with Gasteiger partial charge in [0.2, 0.25) is 0 Å². The molecule has 0 spiro atoms. The van der Waals surface area contributed by atoms with Gasteiger partial charge in [0.1, 0.15) is 0 Å². The maximum absolute atomic E-state index is 2.30. The lowest BCUT2D eigenvalue weighted by molar-refractivity contribution is 0.667. The van der Waals surface area contributed by atoms with Crippen molar-refractivity contribution in [2.75, 3.05) is 0 Å². The summed E-state index contributed by atoms with van der Waals surface area (Å²) in [5.41, 5.74) is 2.80. The van der Waals surface area contributed by atoms with Gasteiger partial charge in [0.05, 0.1) is 0 Å². The van der Waals surface area contributed by atoms with Gasteiger partial charge in [0, 0.05) is 0 Å². The predicted octanol–water partition coefficient (Wildman–Crippen LogP) is 4.84. The van der Waals surface area contributed by atoms with Crippen LogP contribution in [0.15, 0.2) is 30.3 Å². The number of unbranched alkanes of at least 4 members (excludes halogenated alkanes) is 3. The quantitative estimate of drug-likeness (QED) is 0.579. The van der Waals surface area contributed by atoms with Crippen molar-refractivity contribution in [3.63, 3.8) is 0 Å². The van der Waals surface area contributed by atoms with Crippen LogP contribution in [-0.4, -0.2) is 0 Å². The van der Waals surface area contributed by atoms with Crippen LogP contribution in [0.25, 0.3) is 6.08 Å². The molecule has 0 N–H and O–H groups in total. The highest BCUT2D eigenvalue weighted by Gasteiger charge is 1.94. The predicted molar refractivity (Wildman–Crippen MR) is 69.0 cm³/mol. The van der Waals surface area contributed by atoms with Crippen LogP contribution in [0.5, 0.6) is 0 Å². The van der Waals surface area contributed by atoms with E-state index in [0.717, 1.165) is 0 Å². The van der Waals surface area contributed by atoms with E-state index in [1.54, 1.807) is 0 Å². The summed E-state index contributed by atoms with van der Waals surface area (Å²) in [4.78, 5) is 0. The topological polar surface area (TPSA) is 0 Å². The molecule has 0 fully saturated rings. The molecule has 0 nitrogen and oxygen atoms in total. The van der Waals surface area contributed by atoms with Crippen LogP contribution in [-0.2, 0) is 6.42 Å². The molecule has 0 saturated heterocycles. The molecule has 15 heavy (non-hydrogen) atoms. The first-order valence-corrected chi connectivity index (χ1v) is 6.08. The van der Waals surface area contributed by atoms with Crippen molar-refractivity contribution in [1.29, 1.82) is 0 Å². The molecule has 0 aliphatic rings. The van der Waals surface area contributed by atoms with Crippen molar-refractivity contribution >= 4 is 6.08 Å². The van der Waals surface area contributed by atoms with E-state index < -0.39 is 0 Å². The Kier molecular flexibility index (Phi) is 5.84. The second-order valence-corrected chi connectivity index (χ2v) is 4.06. The molecule has 1 aromatic carbocycles. The van der Waals surface area contributed by atoms with Crippen LogP contribution in [0.1, 0.15) is 50.7 Å². The smallest absolute Gasteiger partial charge is 0.0257 e. The van der Waals surface area contributed by atoms with Gasteiger partial charge in [-0.15, -0.1) is 0 Å². The first-order valence-electron chi connectivity index (χ1n) is 6.08. The minimum atomic E-state index is 1.23. The molecule has 0 bridgehead atoms. The first-order chi connectivity index (χ1) is 7.36. The zero-order valence-corrected chi connectivity index (χ0v) is 10.00. The lowest BCUT2D eigenvalue weighted by Crippen LogP contribution is -1.86. The van der Waals surface area contributed by atoms with E-state index in [1.807, 2.05) is 0 Å². The van der Waals surface area contributed by atoms with Crippen molar-refractivity contribution in [1.82, 2.24) is 0 Å². The highest BCUT2D eigenvalue weighted by Crippen LogP contribution is 2.11. The third-order valence-corrected chi connectivity index (χ3v) is 2.63. The summed E-state index contributed by atoms with van der Waals surface area (Å²) in [7, 11) is 0. The number of allylic oxidation sites excluding steroid dienone is 1. The summed E-state index contributed by atoms with van der Waals surface area (Å²) in [5.74, 6) is 0. The van der Waals surface area contributed by atoms with Crippen molar-refractivity contribution < 1.29 is 0 Å². The third-order valence-electron chi connectivity index (χ3n) is 2.63. The monoisotopic (exact) mass is 202 g/mol. The molecule has 0 aliphatic carbocycles. The van der Waals surface area contributed by atoms with Crippen molar-refractivity contribution in [2.24, 2.45) is 0 Å². The molecule has 1 aromatic rings. The minimum absolute atomic E-state index is 1.23. The van der Waals surface area contributed by atoms with E-state index in [4.69, 9.17) is 0 Å². The van der Waals surface area contributed by atoms with Crippen LogP contribution in [0.4, 0.5) is 0 Å². The molecular weight excluding hydrogens is 180 g/mol. The molecule has 0 unspecified atom stereocenters. The van der Waals surface area contributed by atoms with Crippen LogP contribution in [0.3, 0.4) is 0 Å². The average molecular weight is 202 g/mol. The number of hydrogen-bond acceptors (Lipinski definition) is 0. The highest BCUT2D eigenvalue weighted by atomic mass is 14.0. The zero-order chi connectivity index (χ0) is 10.9. The summed E-state index contributed by atoms with van der Waals surface area (Å²) >= 11 is 0. The van der Waals surface area contributed by atoms with Gasteiger partial charge in [-0.2, -0.15) is 0 Å². The van der Waals surface area contributed by atoms with Gasteiger partial charge in [-0.1, -0.05) is 62.6 Å². The fraction of sp³-hybridized carbons (Fsp3) is 0.467. The first kappa shape index (κ1) is 12.0. The fourth-order valence-electron chi connectivity index (χ4n) is 1.80. The maximum atomic E-state index is 2.30. The lowest BCUT2D eigenvalue weighted by atomic mass is 10.0. The number of rotatable bonds is 6. The lowest BCUT2D eigenvalue weighted by Gasteiger charge is -2.02. The largest absolute Gasteiger partial charge is 0.0871 e. The molecule has 82 valence electrons. The van der Waals surface area contributed by atoms with E-state index in [2.05, 4.69) is 50.3 Å². The van der Waals surface area contributed by atoms with Gasteiger partial charge < -0.3 is 0 Å². The van der Waals surface area contributed by atoms with Gasteiger partial charge in [-0.3, -0.25) is 0 Å². The SMILES string of the molecule is C/C=C/c1cccc(CCCCCC)c1. The highest BCUT2D eigenvalue weighted by molar-refractivity contribution is 5.49. The molecule has 0 amide bonds. The molecule has 0 heteroatoms. The second kappa shape index (κ2) is 7.28. The summed E-state index contributed by atoms with van der Waals surface area (Å²) in [6, 6.07) is 8.85. The Morgan fingerprint density at radius 3 is 2.73 bits per heavy atom. The standard InChI is InChI=1S/C15H22/c1-3-5-6-7-10-15-12-8-11-14(13-15)9-4-2/h4,8-9,11-13H,3,5-7,10H2,1-2H3/b9-4+. The Morgan fingerprint density at radius 2 is 2.00 bits per heavy atom. The summed E-state index contributed by atoms with van der Waals surface area (Å²) in [6.45, 7) is 4.32. The van der Waals surface area contributed by atoms with E-state index in [9.17, 15) is 0 Å². The van der Waals surface area contributed by atoms with Gasteiger partial charge in [-0.25, -0.2) is 0 Å². The maximum Gasteiger partial charge on any atom is -0.0257 e. The zero-order valence-electron chi connectivity index (χ0n) is 10.00. The Bertz CT molecular complexity index is 297. The van der Waals surface area contributed by atoms with Crippen molar-refractivity contribution in [3.8, 4) is 0 Å². The Morgan fingerprint density at radius 1 is 1.13 bits per heavy atom. The molecule has 0 aliphatic heterocycles. The van der Waals surface area contributed by atoms with Gasteiger partial charge >= 0.3 is 0 Å².